The minimum absolute atomic E-state index is 0.417. The maximum Gasteiger partial charge on any atom is 0.230 e. The average Bonchev–Trinajstić information content (AvgIpc) is 1.66. The minimum atomic E-state index is -2.53. The summed E-state index contributed by atoms with van der Waals surface area (Å²) in [5.74, 6) is 0. The Morgan fingerprint density at radius 3 is 2.88 bits per heavy atom. The molecule has 1 atom stereocenters. The molecule has 0 aliphatic carbocycles. The van der Waals surface area contributed by atoms with E-state index in [1.807, 2.05) is 0 Å². The molecule has 0 saturated heterocycles. The second-order valence-electron chi connectivity index (χ2n) is 0.698. The molecule has 0 N–H and O–H groups in total. The van der Waals surface area contributed by atoms with Gasteiger partial charge in [-0.25, -0.2) is 4.21 Å². The van der Waals surface area contributed by atoms with Crippen LogP contribution >= 0.6 is 0 Å². The van der Waals surface area contributed by atoms with Crippen molar-refractivity contribution in [1.82, 2.24) is 0 Å². The van der Waals surface area contributed by atoms with E-state index in [2.05, 4.69) is 20.9 Å². The van der Waals surface area contributed by atoms with Gasteiger partial charge < -0.3 is 9.39 Å². The largest absolute Gasteiger partial charge is 0.750 e. The third kappa shape index (κ3) is 5.54. The van der Waals surface area contributed by atoms with Crippen molar-refractivity contribution < 1.29 is 17.8 Å². The quantitative estimate of drug-likeness (QED) is 0.171. The smallest absolute Gasteiger partial charge is 0.230 e. The number of nitrogens with zero attached hydrogens (tertiary/aromatic N) is 1. The van der Waals surface area contributed by atoms with Crippen LogP contribution in [0.2, 0.25) is 0 Å². The number of oxime groups is 1. The van der Waals surface area contributed by atoms with E-state index < -0.39 is 18.2 Å². The van der Waals surface area contributed by atoms with Crippen LogP contribution in [0.5, 0.6) is 0 Å². The highest BCUT2D eigenvalue weighted by Crippen LogP contribution is 1.79. The molecule has 0 aromatic carbocycles. The summed E-state index contributed by atoms with van der Waals surface area (Å²) in [4.78, 5) is 4.04. The topological polar surface area (TPSA) is 71.0 Å². The molecule has 0 amide bonds. The van der Waals surface area contributed by atoms with Crippen LogP contribution < -0.4 is 0 Å². The summed E-state index contributed by atoms with van der Waals surface area (Å²) < 4.78 is 22.9. The minimum Gasteiger partial charge on any atom is -0.750 e. The Kier molecular flexibility index (Phi) is 4.42. The van der Waals surface area contributed by atoms with Gasteiger partial charge in [0.15, 0.2) is 0 Å². The molecule has 8 heavy (non-hydrogen) atoms. The number of hydrogen-bond acceptors (Lipinski definition) is 5. The van der Waals surface area contributed by atoms with E-state index in [-0.39, 0.29) is 0 Å². The maximum absolute atomic E-state index is 9.51. The van der Waals surface area contributed by atoms with Crippen molar-refractivity contribution in [2.24, 2.45) is 5.16 Å². The molecule has 0 aromatic heterocycles. The van der Waals surface area contributed by atoms with E-state index in [1.54, 1.807) is 0 Å². The first-order valence-corrected chi connectivity index (χ1v) is 2.58. The van der Waals surface area contributed by atoms with Crippen LogP contribution in [0.4, 0.5) is 0 Å². The molecule has 1 unspecified atom stereocenters. The molecule has 0 aromatic rings. The molecule has 0 fully saturated rings. The molecule has 0 aliphatic heterocycles. The van der Waals surface area contributed by atoms with Gasteiger partial charge in [-0.05, 0) is 0 Å². The van der Waals surface area contributed by atoms with Gasteiger partial charge in [0.1, 0.15) is 0 Å². The monoisotopic (exact) mass is 138 g/mol. The lowest BCUT2D eigenvalue weighted by atomic mass is 11.5. The van der Waals surface area contributed by atoms with Gasteiger partial charge in [-0.2, -0.15) is 0 Å². The van der Waals surface area contributed by atoms with Crippen LogP contribution in [0.25, 0.3) is 0 Å². The Morgan fingerprint density at radius 2 is 2.50 bits per heavy atom. The molecular formula is C2H4NO4S-. The third-order valence-corrected chi connectivity index (χ3v) is 0.577. The first kappa shape index (κ1) is 7.54. The van der Waals surface area contributed by atoms with Gasteiger partial charge in [-0.1, -0.05) is 0 Å². The molecule has 48 valence electrons. The lowest BCUT2D eigenvalue weighted by molar-refractivity contribution is 0.0231. The van der Waals surface area contributed by atoms with E-state index >= 15 is 0 Å². The van der Waals surface area contributed by atoms with Crippen LogP contribution in [-0.2, 0) is 20.4 Å². The summed E-state index contributed by atoms with van der Waals surface area (Å²) in [5, 5.41) is 2.86. The predicted octanol–water partition coefficient (Wildman–Crippen LogP) is -0.613. The summed E-state index contributed by atoms with van der Waals surface area (Å²) in [5.41, 5.74) is 0. The van der Waals surface area contributed by atoms with E-state index in [4.69, 9.17) is 0 Å². The normalized spacial score (nSPS) is 12.6. The standard InChI is InChI=1S/C2H5NO4S/c1-3-6-2-7-8(4)5/h1-2H2,(H,4,5)/p-1. The van der Waals surface area contributed by atoms with Crippen molar-refractivity contribution in [3.8, 4) is 0 Å². The summed E-state index contributed by atoms with van der Waals surface area (Å²) in [7, 11) is 0. The predicted molar refractivity (Wildman–Crippen MR) is 25.5 cm³/mol. The highest BCUT2D eigenvalue weighted by Gasteiger charge is 1.79. The van der Waals surface area contributed by atoms with Crippen LogP contribution in [-0.4, -0.2) is 22.3 Å². The van der Waals surface area contributed by atoms with E-state index in [0.717, 1.165) is 0 Å². The highest BCUT2D eigenvalue weighted by atomic mass is 32.2. The highest BCUT2D eigenvalue weighted by molar-refractivity contribution is 7.74. The fraction of sp³-hybridized carbons (Fsp3) is 0.500. The SMILES string of the molecule is C=NOCOS(=O)[O-]. The second-order valence-corrected chi connectivity index (χ2v) is 1.34. The van der Waals surface area contributed by atoms with Crippen molar-refractivity contribution in [2.45, 2.75) is 0 Å². The van der Waals surface area contributed by atoms with Crippen molar-refractivity contribution in [3.63, 3.8) is 0 Å². The van der Waals surface area contributed by atoms with Crippen LogP contribution in [0.15, 0.2) is 5.16 Å². The Hall–Kier alpha value is -0.460. The molecule has 0 aliphatic rings. The Bertz CT molecular complexity index is 94.0. The number of hydrogen-bond donors (Lipinski definition) is 0. The van der Waals surface area contributed by atoms with Gasteiger partial charge in [-0.3, -0.25) is 4.18 Å². The molecule has 0 spiro atoms. The zero-order valence-electron chi connectivity index (χ0n) is 3.90. The molecule has 0 heterocycles. The van der Waals surface area contributed by atoms with Crippen LogP contribution in [0.3, 0.4) is 0 Å². The van der Waals surface area contributed by atoms with Gasteiger partial charge >= 0.3 is 0 Å². The van der Waals surface area contributed by atoms with Crippen molar-refractivity contribution in [3.05, 3.63) is 0 Å². The fourth-order valence-corrected chi connectivity index (χ4v) is 0.220. The van der Waals surface area contributed by atoms with Crippen molar-refractivity contribution in [1.29, 1.82) is 0 Å². The molecule has 0 saturated carbocycles. The first-order valence-electron chi connectivity index (χ1n) is 1.58. The van der Waals surface area contributed by atoms with Crippen LogP contribution in [0.1, 0.15) is 0 Å². The molecule has 0 radical (unpaired) electrons. The van der Waals surface area contributed by atoms with E-state index in [0.29, 0.717) is 0 Å². The maximum atomic E-state index is 9.51. The fourth-order valence-electron chi connectivity index (χ4n) is 0.0981. The average molecular weight is 138 g/mol. The van der Waals surface area contributed by atoms with Crippen LogP contribution in [0, 0.1) is 0 Å². The lowest BCUT2D eigenvalue weighted by Gasteiger charge is -2.01. The van der Waals surface area contributed by atoms with Crippen molar-refractivity contribution in [2.75, 3.05) is 6.79 Å². The summed E-state index contributed by atoms with van der Waals surface area (Å²) in [6.45, 7) is 2.49. The molecule has 0 bridgehead atoms. The zero-order valence-corrected chi connectivity index (χ0v) is 4.72. The van der Waals surface area contributed by atoms with Gasteiger partial charge in [0, 0.05) is 6.72 Å². The Labute approximate surface area is 48.8 Å². The molecule has 6 heteroatoms. The lowest BCUT2D eigenvalue weighted by Crippen LogP contribution is -1.97. The zero-order chi connectivity index (χ0) is 6.41. The Morgan fingerprint density at radius 1 is 1.88 bits per heavy atom. The molecule has 5 nitrogen and oxygen atoms in total. The summed E-state index contributed by atoms with van der Waals surface area (Å²) in [6, 6.07) is 0. The summed E-state index contributed by atoms with van der Waals surface area (Å²) >= 11 is -2.53. The van der Waals surface area contributed by atoms with Gasteiger partial charge in [0.2, 0.25) is 6.79 Å². The van der Waals surface area contributed by atoms with Gasteiger partial charge in [0.05, 0.1) is 11.4 Å². The second kappa shape index (κ2) is 4.69. The van der Waals surface area contributed by atoms with Gasteiger partial charge in [0.25, 0.3) is 0 Å². The number of rotatable bonds is 4. The van der Waals surface area contributed by atoms with Gasteiger partial charge in [-0.15, -0.1) is 5.16 Å². The Balaban J connectivity index is 2.93. The van der Waals surface area contributed by atoms with Crippen molar-refractivity contribution >= 4 is 18.1 Å². The van der Waals surface area contributed by atoms with E-state index in [1.165, 1.54) is 0 Å². The molecule has 0 rings (SSSR count). The first-order chi connectivity index (χ1) is 3.77. The molecular weight excluding hydrogens is 134 g/mol. The van der Waals surface area contributed by atoms with E-state index in [9.17, 15) is 8.76 Å². The summed E-state index contributed by atoms with van der Waals surface area (Å²) in [6.07, 6.45) is 0. The third-order valence-electron chi connectivity index (χ3n) is 0.288.